The Kier molecular flexibility index (Phi) is 5.30. The SMILES string of the molecule is COCCc1ccc(Oc2ncc(CBr)cn2)cc1. The van der Waals surface area contributed by atoms with Crippen LogP contribution in [0.2, 0.25) is 0 Å². The molecule has 100 valence electrons. The maximum absolute atomic E-state index is 5.57. The number of alkyl halides is 1. The van der Waals surface area contributed by atoms with Gasteiger partial charge in [0.2, 0.25) is 0 Å². The van der Waals surface area contributed by atoms with Crippen LogP contribution in [0.5, 0.6) is 11.8 Å². The Morgan fingerprint density at radius 3 is 2.32 bits per heavy atom. The van der Waals surface area contributed by atoms with Crippen molar-refractivity contribution in [2.75, 3.05) is 13.7 Å². The lowest BCUT2D eigenvalue weighted by molar-refractivity contribution is 0.202. The Morgan fingerprint density at radius 1 is 1.05 bits per heavy atom. The monoisotopic (exact) mass is 322 g/mol. The highest BCUT2D eigenvalue weighted by Gasteiger charge is 2.01. The summed E-state index contributed by atoms with van der Waals surface area (Å²) < 4.78 is 10.6. The van der Waals surface area contributed by atoms with Crippen LogP contribution in [0.25, 0.3) is 0 Å². The fourth-order valence-corrected chi connectivity index (χ4v) is 1.80. The molecule has 1 aromatic carbocycles. The molecule has 0 unspecified atom stereocenters. The van der Waals surface area contributed by atoms with Crippen LogP contribution in [0.4, 0.5) is 0 Å². The molecule has 0 bridgehead atoms. The normalized spacial score (nSPS) is 10.4. The highest BCUT2D eigenvalue weighted by atomic mass is 79.9. The maximum atomic E-state index is 5.57. The minimum absolute atomic E-state index is 0.356. The van der Waals surface area contributed by atoms with Crippen molar-refractivity contribution in [3.63, 3.8) is 0 Å². The van der Waals surface area contributed by atoms with Crippen molar-refractivity contribution in [1.29, 1.82) is 0 Å². The number of halogens is 1. The van der Waals surface area contributed by atoms with Gasteiger partial charge in [-0.25, -0.2) is 9.97 Å². The van der Waals surface area contributed by atoms with Crippen LogP contribution < -0.4 is 4.74 Å². The third-order valence-corrected chi connectivity index (χ3v) is 3.21. The van der Waals surface area contributed by atoms with E-state index in [9.17, 15) is 0 Å². The van der Waals surface area contributed by atoms with E-state index < -0.39 is 0 Å². The van der Waals surface area contributed by atoms with Crippen LogP contribution in [-0.2, 0) is 16.5 Å². The standard InChI is InChI=1S/C14H15BrN2O2/c1-18-7-6-11-2-4-13(5-3-11)19-14-16-9-12(8-15)10-17-14/h2-5,9-10H,6-8H2,1H3. The van der Waals surface area contributed by atoms with Gasteiger partial charge in [-0.15, -0.1) is 0 Å². The quantitative estimate of drug-likeness (QED) is 0.765. The average molecular weight is 323 g/mol. The number of methoxy groups -OCH3 is 1. The lowest BCUT2D eigenvalue weighted by atomic mass is 10.1. The summed E-state index contributed by atoms with van der Waals surface area (Å²) in [4.78, 5) is 8.27. The molecule has 0 aliphatic rings. The molecular formula is C14H15BrN2O2. The molecule has 0 saturated carbocycles. The summed E-state index contributed by atoms with van der Waals surface area (Å²) in [6.45, 7) is 0.720. The molecule has 0 spiro atoms. The van der Waals surface area contributed by atoms with Crippen molar-refractivity contribution in [3.8, 4) is 11.8 Å². The van der Waals surface area contributed by atoms with E-state index in [0.29, 0.717) is 6.01 Å². The summed E-state index contributed by atoms with van der Waals surface area (Å²) >= 11 is 3.35. The zero-order chi connectivity index (χ0) is 13.5. The summed E-state index contributed by atoms with van der Waals surface area (Å²) in [6, 6.07) is 8.20. The van der Waals surface area contributed by atoms with Crippen LogP contribution in [0, 0.1) is 0 Å². The van der Waals surface area contributed by atoms with Crippen LogP contribution in [0.3, 0.4) is 0 Å². The maximum Gasteiger partial charge on any atom is 0.321 e. The van der Waals surface area contributed by atoms with E-state index in [1.54, 1.807) is 19.5 Å². The Hall–Kier alpha value is -1.46. The third-order valence-electron chi connectivity index (χ3n) is 2.56. The molecule has 2 aromatic rings. The highest BCUT2D eigenvalue weighted by molar-refractivity contribution is 9.08. The Morgan fingerprint density at radius 2 is 1.74 bits per heavy atom. The van der Waals surface area contributed by atoms with Gasteiger partial charge in [0, 0.05) is 24.8 Å². The molecule has 0 aliphatic carbocycles. The van der Waals surface area contributed by atoms with E-state index in [2.05, 4.69) is 25.9 Å². The molecule has 1 aromatic heterocycles. The molecule has 0 aliphatic heterocycles. The smallest absolute Gasteiger partial charge is 0.321 e. The summed E-state index contributed by atoms with van der Waals surface area (Å²) in [5.41, 5.74) is 2.23. The number of rotatable bonds is 6. The van der Waals surface area contributed by atoms with E-state index in [1.807, 2.05) is 24.3 Å². The topological polar surface area (TPSA) is 44.2 Å². The first-order valence-electron chi connectivity index (χ1n) is 5.94. The van der Waals surface area contributed by atoms with Gasteiger partial charge in [0.25, 0.3) is 0 Å². The molecule has 5 heteroatoms. The molecule has 1 heterocycles. The van der Waals surface area contributed by atoms with Crippen molar-refractivity contribution in [1.82, 2.24) is 9.97 Å². The predicted molar refractivity (Wildman–Crippen MR) is 76.8 cm³/mol. The molecule has 0 amide bonds. The van der Waals surface area contributed by atoms with Gasteiger partial charge in [-0.1, -0.05) is 28.1 Å². The van der Waals surface area contributed by atoms with Crippen molar-refractivity contribution in [3.05, 3.63) is 47.8 Å². The summed E-state index contributed by atoms with van der Waals surface area (Å²) in [5, 5.41) is 0.738. The lowest BCUT2D eigenvalue weighted by Gasteiger charge is -2.05. The Balaban J connectivity index is 1.98. The number of nitrogens with zero attached hydrogens (tertiary/aromatic N) is 2. The third kappa shape index (κ3) is 4.29. The van der Waals surface area contributed by atoms with E-state index >= 15 is 0 Å². The van der Waals surface area contributed by atoms with Gasteiger partial charge in [-0.2, -0.15) is 0 Å². The van der Waals surface area contributed by atoms with Crippen molar-refractivity contribution in [2.24, 2.45) is 0 Å². The first kappa shape index (κ1) is 14.0. The van der Waals surface area contributed by atoms with Gasteiger partial charge in [0.05, 0.1) is 6.61 Å². The van der Waals surface area contributed by atoms with Crippen LogP contribution >= 0.6 is 15.9 Å². The van der Waals surface area contributed by atoms with E-state index in [0.717, 1.165) is 29.7 Å². The zero-order valence-electron chi connectivity index (χ0n) is 10.7. The Bertz CT molecular complexity index is 500. The molecule has 0 atom stereocenters. The van der Waals surface area contributed by atoms with Gasteiger partial charge in [-0.05, 0) is 29.7 Å². The van der Waals surface area contributed by atoms with Gasteiger partial charge in [-0.3, -0.25) is 0 Å². The van der Waals surface area contributed by atoms with Gasteiger partial charge >= 0.3 is 6.01 Å². The fourth-order valence-electron chi connectivity index (χ4n) is 1.51. The second-order valence-corrected chi connectivity index (χ2v) is 4.56. The largest absolute Gasteiger partial charge is 0.424 e. The zero-order valence-corrected chi connectivity index (χ0v) is 12.3. The van der Waals surface area contributed by atoms with E-state index in [4.69, 9.17) is 9.47 Å². The first-order chi connectivity index (χ1) is 9.31. The highest BCUT2D eigenvalue weighted by Crippen LogP contribution is 2.18. The van der Waals surface area contributed by atoms with Gasteiger partial charge in [0.15, 0.2) is 0 Å². The number of hydrogen-bond donors (Lipinski definition) is 0. The summed E-state index contributed by atoms with van der Waals surface area (Å²) in [5.74, 6) is 0.729. The molecule has 0 saturated heterocycles. The Labute approximate surface area is 120 Å². The molecule has 4 nitrogen and oxygen atoms in total. The lowest BCUT2D eigenvalue weighted by Crippen LogP contribution is -1.95. The van der Waals surface area contributed by atoms with E-state index in [1.165, 1.54) is 5.56 Å². The van der Waals surface area contributed by atoms with Crippen molar-refractivity contribution >= 4 is 15.9 Å². The molecule has 0 radical (unpaired) electrons. The van der Waals surface area contributed by atoms with Gasteiger partial charge < -0.3 is 9.47 Å². The van der Waals surface area contributed by atoms with Crippen LogP contribution in [-0.4, -0.2) is 23.7 Å². The first-order valence-corrected chi connectivity index (χ1v) is 7.06. The molecule has 2 rings (SSSR count). The van der Waals surface area contributed by atoms with Crippen molar-refractivity contribution < 1.29 is 9.47 Å². The fraction of sp³-hybridized carbons (Fsp3) is 0.286. The minimum Gasteiger partial charge on any atom is -0.424 e. The average Bonchev–Trinajstić information content (AvgIpc) is 2.47. The second-order valence-electron chi connectivity index (χ2n) is 4.00. The van der Waals surface area contributed by atoms with Crippen LogP contribution in [0.1, 0.15) is 11.1 Å². The number of aromatic nitrogens is 2. The van der Waals surface area contributed by atoms with Crippen molar-refractivity contribution in [2.45, 2.75) is 11.8 Å². The summed E-state index contributed by atoms with van der Waals surface area (Å²) in [7, 11) is 1.70. The number of benzene rings is 1. The molecule has 19 heavy (non-hydrogen) atoms. The minimum atomic E-state index is 0.356. The summed E-state index contributed by atoms with van der Waals surface area (Å²) in [6.07, 6.45) is 4.38. The molecule has 0 N–H and O–H groups in total. The number of ether oxygens (including phenoxy) is 2. The molecule has 0 fully saturated rings. The predicted octanol–water partition coefficient (Wildman–Crippen LogP) is 3.35. The van der Waals surface area contributed by atoms with Gasteiger partial charge in [0.1, 0.15) is 5.75 Å². The van der Waals surface area contributed by atoms with Crippen LogP contribution in [0.15, 0.2) is 36.7 Å². The number of hydrogen-bond acceptors (Lipinski definition) is 4. The second kappa shape index (κ2) is 7.21. The molecular weight excluding hydrogens is 308 g/mol. The van der Waals surface area contributed by atoms with E-state index in [-0.39, 0.29) is 0 Å².